The molecule has 0 amide bonds. The summed E-state index contributed by atoms with van der Waals surface area (Å²) in [5.41, 5.74) is 0. The van der Waals surface area contributed by atoms with Crippen molar-refractivity contribution in [1.82, 2.24) is 5.32 Å². The van der Waals surface area contributed by atoms with Gasteiger partial charge >= 0.3 is 0 Å². The van der Waals surface area contributed by atoms with Crippen molar-refractivity contribution in [3.05, 3.63) is 11.6 Å². The lowest BCUT2D eigenvalue weighted by Gasteiger charge is -2.04. The Hall–Kier alpha value is -0.110. The Kier molecular flexibility index (Phi) is 6.93. The number of rotatable bonds is 6. The first-order valence-corrected chi connectivity index (χ1v) is 4.85. The predicted octanol–water partition coefficient (Wildman–Crippen LogP) is 2.60. The first kappa shape index (κ1) is 9.89. The molecule has 0 aromatic rings. The van der Waals surface area contributed by atoms with Gasteiger partial charge in [-0.1, -0.05) is 19.9 Å². The van der Waals surface area contributed by atoms with E-state index in [2.05, 4.69) is 25.7 Å². The molecule has 0 aromatic carbocycles. The highest BCUT2D eigenvalue weighted by Gasteiger charge is 1.90. The fraction of sp³-hybridized carbons (Fsp3) is 0.750. The van der Waals surface area contributed by atoms with Crippen LogP contribution in [0.1, 0.15) is 26.7 Å². The zero-order valence-electron chi connectivity index (χ0n) is 6.94. The quantitative estimate of drug-likeness (QED) is 0.598. The maximum atomic E-state index is 3.87. The topological polar surface area (TPSA) is 12.0 Å². The van der Waals surface area contributed by atoms with Crippen LogP contribution in [0.15, 0.2) is 11.6 Å². The number of unbranched alkanes of at least 4 members (excludes halogenated alkanes) is 1. The van der Waals surface area contributed by atoms with Crippen molar-refractivity contribution in [3.8, 4) is 0 Å². The monoisotopic (exact) mass is 159 g/mol. The van der Waals surface area contributed by atoms with Gasteiger partial charge in [0.05, 0.1) is 5.03 Å². The van der Waals surface area contributed by atoms with Gasteiger partial charge in [0, 0.05) is 6.54 Å². The molecule has 0 saturated heterocycles. The molecule has 60 valence electrons. The zero-order chi connectivity index (χ0) is 7.82. The summed E-state index contributed by atoms with van der Waals surface area (Å²) in [6, 6.07) is 0. The van der Waals surface area contributed by atoms with E-state index in [0.29, 0.717) is 0 Å². The van der Waals surface area contributed by atoms with Crippen LogP contribution in [-0.2, 0) is 0 Å². The Morgan fingerprint density at radius 1 is 1.50 bits per heavy atom. The van der Waals surface area contributed by atoms with Crippen LogP contribution in [0.5, 0.6) is 0 Å². The van der Waals surface area contributed by atoms with Crippen molar-refractivity contribution < 1.29 is 0 Å². The third kappa shape index (κ3) is 6.02. The van der Waals surface area contributed by atoms with Gasteiger partial charge in [-0.3, -0.25) is 0 Å². The van der Waals surface area contributed by atoms with E-state index in [9.17, 15) is 0 Å². The molecule has 0 heterocycles. The highest BCUT2D eigenvalue weighted by Crippen LogP contribution is 2.11. The van der Waals surface area contributed by atoms with Crippen LogP contribution in [0.3, 0.4) is 0 Å². The number of thioether (sulfide) groups is 1. The molecule has 0 saturated carbocycles. The van der Waals surface area contributed by atoms with Gasteiger partial charge in [-0.25, -0.2) is 0 Å². The summed E-state index contributed by atoms with van der Waals surface area (Å²) < 4.78 is 0. The van der Waals surface area contributed by atoms with Gasteiger partial charge in [0.2, 0.25) is 0 Å². The largest absolute Gasteiger partial charge is 0.381 e. The molecule has 10 heavy (non-hydrogen) atoms. The van der Waals surface area contributed by atoms with Crippen LogP contribution < -0.4 is 5.32 Å². The summed E-state index contributed by atoms with van der Waals surface area (Å²) in [6.45, 7) is 9.15. The number of hydrogen-bond donors (Lipinski definition) is 1. The Morgan fingerprint density at radius 3 is 2.70 bits per heavy atom. The van der Waals surface area contributed by atoms with Crippen molar-refractivity contribution in [2.45, 2.75) is 26.7 Å². The zero-order valence-corrected chi connectivity index (χ0v) is 7.76. The lowest BCUT2D eigenvalue weighted by Crippen LogP contribution is -2.08. The summed E-state index contributed by atoms with van der Waals surface area (Å²) in [4.78, 5) is 0. The average Bonchev–Trinajstić information content (AvgIpc) is 1.89. The number of hydrogen-bond acceptors (Lipinski definition) is 2. The van der Waals surface area contributed by atoms with Crippen molar-refractivity contribution in [3.63, 3.8) is 0 Å². The summed E-state index contributed by atoms with van der Waals surface area (Å²) in [5, 5.41) is 4.28. The molecule has 0 atom stereocenters. The molecule has 0 unspecified atom stereocenters. The Morgan fingerprint density at radius 2 is 2.20 bits per heavy atom. The molecule has 0 spiro atoms. The fourth-order valence-electron chi connectivity index (χ4n) is 0.588. The molecule has 0 rings (SSSR count). The van der Waals surface area contributed by atoms with Gasteiger partial charge in [0.15, 0.2) is 0 Å². The normalized spacial score (nSPS) is 9.40. The van der Waals surface area contributed by atoms with Crippen molar-refractivity contribution >= 4 is 11.8 Å². The van der Waals surface area contributed by atoms with Crippen LogP contribution in [0.2, 0.25) is 0 Å². The first-order valence-electron chi connectivity index (χ1n) is 3.86. The Balaban J connectivity index is 3.05. The van der Waals surface area contributed by atoms with E-state index >= 15 is 0 Å². The second kappa shape index (κ2) is 7.00. The maximum Gasteiger partial charge on any atom is 0.0608 e. The second-order valence-electron chi connectivity index (χ2n) is 2.16. The molecule has 0 radical (unpaired) electrons. The minimum atomic E-state index is 0.984. The lowest BCUT2D eigenvalue weighted by atomic mass is 10.4. The second-order valence-corrected chi connectivity index (χ2v) is 3.35. The molecule has 0 aliphatic carbocycles. The van der Waals surface area contributed by atoms with E-state index in [4.69, 9.17) is 0 Å². The molecule has 0 aliphatic heterocycles. The van der Waals surface area contributed by atoms with Gasteiger partial charge in [0.25, 0.3) is 0 Å². The van der Waals surface area contributed by atoms with E-state index in [1.165, 1.54) is 18.6 Å². The molecular formula is C8H17NS. The van der Waals surface area contributed by atoms with Crippen LogP contribution in [-0.4, -0.2) is 12.3 Å². The standard InChI is InChI=1S/C8H17NS/c1-4-6-7-10-8(3)9-5-2/h9H,3-7H2,1-2H3. The van der Waals surface area contributed by atoms with Gasteiger partial charge in [-0.2, -0.15) is 0 Å². The first-order chi connectivity index (χ1) is 4.81. The average molecular weight is 159 g/mol. The van der Waals surface area contributed by atoms with Crippen LogP contribution in [0.25, 0.3) is 0 Å². The summed E-state index contributed by atoms with van der Waals surface area (Å²) >= 11 is 1.82. The maximum absolute atomic E-state index is 3.87. The smallest absolute Gasteiger partial charge is 0.0608 e. The van der Waals surface area contributed by atoms with Crippen molar-refractivity contribution in [2.24, 2.45) is 0 Å². The molecule has 2 heteroatoms. The minimum Gasteiger partial charge on any atom is -0.381 e. The Labute approximate surface area is 68.3 Å². The summed E-state index contributed by atoms with van der Waals surface area (Å²) in [6.07, 6.45) is 2.56. The van der Waals surface area contributed by atoms with Crippen molar-refractivity contribution in [1.29, 1.82) is 0 Å². The third-order valence-corrected chi connectivity index (χ3v) is 2.13. The number of nitrogens with one attached hydrogen (secondary N) is 1. The van der Waals surface area contributed by atoms with Gasteiger partial charge in [0.1, 0.15) is 0 Å². The Bertz CT molecular complexity index is 91.3. The molecule has 0 aliphatic rings. The van der Waals surface area contributed by atoms with E-state index in [1.54, 1.807) is 0 Å². The van der Waals surface area contributed by atoms with E-state index in [1.807, 2.05) is 11.8 Å². The molecule has 0 fully saturated rings. The molecular weight excluding hydrogens is 142 g/mol. The molecule has 0 aromatic heterocycles. The van der Waals surface area contributed by atoms with E-state index < -0.39 is 0 Å². The van der Waals surface area contributed by atoms with E-state index in [0.717, 1.165) is 11.6 Å². The third-order valence-electron chi connectivity index (χ3n) is 1.15. The van der Waals surface area contributed by atoms with Gasteiger partial charge < -0.3 is 5.32 Å². The van der Waals surface area contributed by atoms with Crippen molar-refractivity contribution in [2.75, 3.05) is 12.3 Å². The van der Waals surface area contributed by atoms with Gasteiger partial charge in [-0.05, 0) is 19.1 Å². The highest BCUT2D eigenvalue weighted by molar-refractivity contribution is 8.02. The van der Waals surface area contributed by atoms with Gasteiger partial charge in [-0.15, -0.1) is 11.8 Å². The van der Waals surface area contributed by atoms with E-state index in [-0.39, 0.29) is 0 Å². The van der Waals surface area contributed by atoms with Crippen LogP contribution in [0, 0.1) is 0 Å². The molecule has 1 N–H and O–H groups in total. The SMILES string of the molecule is C=C(NCC)SCCCC. The molecule has 0 bridgehead atoms. The minimum absolute atomic E-state index is 0.984. The van der Waals surface area contributed by atoms with Crippen LogP contribution >= 0.6 is 11.8 Å². The fourth-order valence-corrected chi connectivity index (χ4v) is 1.51. The predicted molar refractivity (Wildman–Crippen MR) is 50.2 cm³/mol. The lowest BCUT2D eigenvalue weighted by molar-refractivity contribution is 0.886. The van der Waals surface area contributed by atoms with Crippen LogP contribution in [0.4, 0.5) is 0 Å². The molecule has 1 nitrogen and oxygen atoms in total. The summed E-state index contributed by atoms with van der Waals surface area (Å²) in [5.74, 6) is 1.20. The summed E-state index contributed by atoms with van der Waals surface area (Å²) in [7, 11) is 0. The highest BCUT2D eigenvalue weighted by atomic mass is 32.2.